The third kappa shape index (κ3) is 3.22. The van der Waals surface area contributed by atoms with Gasteiger partial charge in [0.25, 0.3) is 17.7 Å². The zero-order valence-corrected chi connectivity index (χ0v) is 14.6. The smallest absolute Gasteiger partial charge is 0.278 e. The molecule has 0 aliphatic carbocycles. The van der Waals surface area contributed by atoms with Gasteiger partial charge in [0.05, 0.1) is 20.3 Å². The van der Waals surface area contributed by atoms with E-state index in [4.69, 9.17) is 14.2 Å². The molecule has 2 aliphatic rings. The van der Waals surface area contributed by atoms with Gasteiger partial charge in [-0.25, -0.2) is 9.97 Å². The summed E-state index contributed by atoms with van der Waals surface area (Å²) in [5.41, 5.74) is 2.16. The first-order chi connectivity index (χ1) is 12.8. The summed E-state index contributed by atoms with van der Waals surface area (Å²) in [6.07, 6.45) is 4.03. The van der Waals surface area contributed by atoms with Crippen molar-refractivity contribution in [3.05, 3.63) is 47.8 Å². The molecule has 2 aliphatic heterocycles. The number of amides is 1. The first-order valence-corrected chi connectivity index (χ1v) is 8.76. The summed E-state index contributed by atoms with van der Waals surface area (Å²) in [5, 5.41) is 0. The van der Waals surface area contributed by atoms with E-state index in [2.05, 4.69) is 16.0 Å². The van der Waals surface area contributed by atoms with Crippen LogP contribution in [0.3, 0.4) is 0 Å². The lowest BCUT2D eigenvalue weighted by atomic mass is 9.97. The summed E-state index contributed by atoms with van der Waals surface area (Å²) < 4.78 is 16.9. The maximum absolute atomic E-state index is 13.0. The molecule has 2 aromatic rings. The average Bonchev–Trinajstić information content (AvgIpc) is 3.16. The van der Waals surface area contributed by atoms with Crippen molar-refractivity contribution < 1.29 is 19.0 Å². The Morgan fingerprint density at radius 3 is 2.88 bits per heavy atom. The molecule has 2 atom stereocenters. The van der Waals surface area contributed by atoms with Crippen molar-refractivity contribution in [2.24, 2.45) is 0 Å². The molecule has 3 heterocycles. The van der Waals surface area contributed by atoms with Crippen LogP contribution in [0.15, 0.2) is 36.7 Å². The summed E-state index contributed by atoms with van der Waals surface area (Å²) in [6.45, 7) is 1.70. The molecule has 0 unspecified atom stereocenters. The lowest BCUT2D eigenvalue weighted by molar-refractivity contribution is -0.144. The lowest BCUT2D eigenvalue weighted by Crippen LogP contribution is -2.37. The third-order valence-electron chi connectivity index (χ3n) is 4.78. The number of likely N-dealkylation sites (tertiary alicyclic amines) is 1. The molecule has 7 nitrogen and oxygen atoms in total. The predicted octanol–water partition coefficient (Wildman–Crippen LogP) is 1.78. The topological polar surface area (TPSA) is 73.8 Å². The maximum atomic E-state index is 13.0. The van der Waals surface area contributed by atoms with Crippen LogP contribution in [0.1, 0.15) is 23.7 Å². The summed E-state index contributed by atoms with van der Waals surface area (Å²) in [5.74, 6) is 0.699. The van der Waals surface area contributed by atoms with Gasteiger partial charge < -0.3 is 19.1 Å². The fraction of sp³-hybridized carbons (Fsp3) is 0.421. The van der Waals surface area contributed by atoms with Crippen molar-refractivity contribution >= 4 is 5.91 Å². The standard InChI is InChI=1S/C19H21N3O4/c1-24-17-18(21-9-8-20-17)26-14-6-10-22(12-14)19(23)16-15-5-3-2-4-13(15)7-11-25-16/h2-5,8-9,14,16H,6-7,10-12H2,1H3/t14-,16+/m0/s1. The number of hydrogen-bond acceptors (Lipinski definition) is 6. The van der Waals surface area contributed by atoms with Crippen molar-refractivity contribution in [2.45, 2.75) is 25.0 Å². The number of carbonyl (C=O) groups is 1. The molecule has 26 heavy (non-hydrogen) atoms. The SMILES string of the molecule is COc1nccnc1O[C@H]1CCN(C(=O)[C@@H]2OCCc3ccccc32)C1. The molecule has 136 valence electrons. The average molecular weight is 355 g/mol. The first kappa shape index (κ1) is 16.8. The van der Waals surface area contributed by atoms with Crippen LogP contribution in [0, 0.1) is 0 Å². The van der Waals surface area contributed by atoms with E-state index in [1.807, 2.05) is 18.2 Å². The number of rotatable bonds is 4. The van der Waals surface area contributed by atoms with E-state index in [1.54, 1.807) is 17.3 Å². The summed E-state index contributed by atoms with van der Waals surface area (Å²) in [7, 11) is 1.53. The van der Waals surface area contributed by atoms with Crippen molar-refractivity contribution in [1.82, 2.24) is 14.9 Å². The van der Waals surface area contributed by atoms with Crippen LogP contribution in [0.4, 0.5) is 0 Å². The number of benzene rings is 1. The van der Waals surface area contributed by atoms with Crippen LogP contribution in [-0.2, 0) is 16.0 Å². The van der Waals surface area contributed by atoms with Crippen LogP contribution in [0.5, 0.6) is 11.8 Å². The molecule has 0 bridgehead atoms. The second kappa shape index (κ2) is 7.29. The molecular formula is C19H21N3O4. The van der Waals surface area contributed by atoms with Gasteiger partial charge in [-0.2, -0.15) is 0 Å². The van der Waals surface area contributed by atoms with E-state index in [0.717, 1.165) is 18.4 Å². The number of ether oxygens (including phenoxy) is 3. The van der Waals surface area contributed by atoms with Crippen LogP contribution < -0.4 is 9.47 Å². The van der Waals surface area contributed by atoms with E-state index in [-0.39, 0.29) is 12.0 Å². The Bertz CT molecular complexity index is 798. The Morgan fingerprint density at radius 2 is 2.04 bits per heavy atom. The molecule has 1 amide bonds. The fourth-order valence-corrected chi connectivity index (χ4v) is 3.48. The summed E-state index contributed by atoms with van der Waals surface area (Å²) in [6, 6.07) is 7.99. The molecule has 1 aromatic carbocycles. The maximum Gasteiger partial charge on any atom is 0.278 e. The third-order valence-corrected chi connectivity index (χ3v) is 4.78. The van der Waals surface area contributed by atoms with Crippen LogP contribution in [0.2, 0.25) is 0 Å². The number of carbonyl (C=O) groups excluding carboxylic acids is 1. The second-order valence-corrected chi connectivity index (χ2v) is 6.38. The lowest BCUT2D eigenvalue weighted by Gasteiger charge is -2.28. The molecular weight excluding hydrogens is 334 g/mol. The van der Waals surface area contributed by atoms with Crippen LogP contribution in [0.25, 0.3) is 0 Å². The molecule has 0 N–H and O–H groups in total. The van der Waals surface area contributed by atoms with Crippen molar-refractivity contribution in [3.8, 4) is 11.8 Å². The van der Waals surface area contributed by atoms with E-state index in [1.165, 1.54) is 12.7 Å². The number of fused-ring (bicyclic) bond motifs is 1. The number of nitrogens with zero attached hydrogens (tertiary/aromatic N) is 3. The second-order valence-electron chi connectivity index (χ2n) is 6.38. The van der Waals surface area contributed by atoms with Gasteiger partial charge >= 0.3 is 0 Å². The highest BCUT2D eigenvalue weighted by molar-refractivity contribution is 5.83. The highest BCUT2D eigenvalue weighted by Crippen LogP contribution is 2.30. The largest absolute Gasteiger partial charge is 0.477 e. The Morgan fingerprint density at radius 1 is 1.23 bits per heavy atom. The van der Waals surface area contributed by atoms with E-state index >= 15 is 0 Å². The number of aromatic nitrogens is 2. The van der Waals surface area contributed by atoms with Crippen LogP contribution >= 0.6 is 0 Å². The molecule has 1 aromatic heterocycles. The van der Waals surface area contributed by atoms with Gasteiger partial charge in [-0.05, 0) is 17.5 Å². The minimum absolute atomic E-state index is 0.00522. The highest BCUT2D eigenvalue weighted by Gasteiger charge is 2.35. The summed E-state index contributed by atoms with van der Waals surface area (Å²) >= 11 is 0. The Hall–Kier alpha value is -2.67. The summed E-state index contributed by atoms with van der Waals surface area (Å²) in [4.78, 5) is 23.0. The van der Waals surface area contributed by atoms with Gasteiger partial charge in [0.2, 0.25) is 0 Å². The van der Waals surface area contributed by atoms with Crippen molar-refractivity contribution in [3.63, 3.8) is 0 Å². The minimum Gasteiger partial charge on any atom is -0.477 e. The minimum atomic E-state index is -0.523. The van der Waals surface area contributed by atoms with E-state index in [9.17, 15) is 4.79 Å². The zero-order valence-electron chi connectivity index (χ0n) is 14.6. The Labute approximate surface area is 151 Å². The fourth-order valence-electron chi connectivity index (χ4n) is 3.48. The molecule has 0 spiro atoms. The predicted molar refractivity (Wildman–Crippen MR) is 93.0 cm³/mol. The van der Waals surface area contributed by atoms with Gasteiger partial charge in [0.1, 0.15) is 6.10 Å². The van der Waals surface area contributed by atoms with E-state index < -0.39 is 6.10 Å². The van der Waals surface area contributed by atoms with Gasteiger partial charge in [0, 0.05) is 25.4 Å². The zero-order chi connectivity index (χ0) is 17.9. The molecule has 1 saturated heterocycles. The van der Waals surface area contributed by atoms with Gasteiger partial charge in [-0.1, -0.05) is 24.3 Å². The normalized spacial score (nSPS) is 22.0. The number of methoxy groups -OCH3 is 1. The molecule has 1 fully saturated rings. The molecule has 0 radical (unpaired) electrons. The van der Waals surface area contributed by atoms with Gasteiger partial charge in [-0.3, -0.25) is 4.79 Å². The Balaban J connectivity index is 1.44. The van der Waals surface area contributed by atoms with Crippen molar-refractivity contribution in [1.29, 1.82) is 0 Å². The van der Waals surface area contributed by atoms with Crippen LogP contribution in [-0.4, -0.2) is 53.7 Å². The van der Waals surface area contributed by atoms with Gasteiger partial charge in [0.15, 0.2) is 6.10 Å². The molecule has 0 saturated carbocycles. The van der Waals surface area contributed by atoms with Crippen molar-refractivity contribution in [2.75, 3.05) is 26.8 Å². The number of hydrogen-bond donors (Lipinski definition) is 0. The highest BCUT2D eigenvalue weighted by atomic mass is 16.5. The monoisotopic (exact) mass is 355 g/mol. The van der Waals surface area contributed by atoms with Gasteiger partial charge in [-0.15, -0.1) is 0 Å². The quantitative estimate of drug-likeness (QED) is 0.832. The first-order valence-electron chi connectivity index (χ1n) is 8.76. The van der Waals surface area contributed by atoms with E-state index in [0.29, 0.717) is 31.5 Å². The molecule has 7 heteroatoms. The Kier molecular flexibility index (Phi) is 4.71. The molecule has 4 rings (SSSR count).